The third-order valence-electron chi connectivity index (χ3n) is 6.57. The monoisotopic (exact) mass is 531 g/mol. The molecule has 2 aliphatic rings. The predicted molar refractivity (Wildman–Crippen MR) is 125 cm³/mol. The zero-order valence-corrected chi connectivity index (χ0v) is 20.3. The molecule has 0 spiro atoms. The molecule has 1 aliphatic carbocycles. The highest BCUT2D eigenvalue weighted by Crippen LogP contribution is 2.40. The van der Waals surface area contributed by atoms with Gasteiger partial charge in [-0.25, -0.2) is 27.2 Å². The Labute approximate surface area is 208 Å². The number of halogens is 2. The van der Waals surface area contributed by atoms with E-state index in [-0.39, 0.29) is 15.9 Å². The Kier molecular flexibility index (Phi) is 5.48. The third-order valence-corrected chi connectivity index (χ3v) is 9.02. The minimum absolute atomic E-state index is 0.0558. The molecular formula is C22H19F2N7O3S2. The molecule has 1 saturated heterocycles. The van der Waals surface area contributed by atoms with Crippen LogP contribution in [-0.4, -0.2) is 51.9 Å². The quantitative estimate of drug-likeness (QED) is 0.399. The fraction of sp³-hybridized carbons (Fsp3) is 0.409. The molecule has 0 bridgehead atoms. The largest absolute Gasteiger partial charge is 0.381 e. The second kappa shape index (κ2) is 8.48. The van der Waals surface area contributed by atoms with Crippen molar-refractivity contribution in [2.24, 2.45) is 0 Å². The summed E-state index contributed by atoms with van der Waals surface area (Å²) in [4.78, 5) is 8.95. The summed E-state index contributed by atoms with van der Waals surface area (Å²) in [5.41, 5.74) is 0.547. The van der Waals surface area contributed by atoms with Crippen molar-refractivity contribution >= 4 is 43.3 Å². The molecule has 4 aromatic rings. The number of aromatic nitrogens is 5. The first-order valence-electron chi connectivity index (χ1n) is 11.3. The van der Waals surface area contributed by atoms with E-state index < -0.39 is 27.0 Å². The van der Waals surface area contributed by atoms with Gasteiger partial charge < -0.3 is 4.74 Å². The van der Waals surface area contributed by atoms with Crippen LogP contribution in [0.15, 0.2) is 29.4 Å². The first-order chi connectivity index (χ1) is 17.3. The summed E-state index contributed by atoms with van der Waals surface area (Å²) in [5.74, 6) is 0.102. The van der Waals surface area contributed by atoms with Crippen molar-refractivity contribution in [3.63, 3.8) is 0 Å². The molecule has 6 rings (SSSR count). The van der Waals surface area contributed by atoms with Gasteiger partial charge in [0.25, 0.3) is 6.43 Å². The van der Waals surface area contributed by atoms with Crippen molar-refractivity contribution in [1.29, 1.82) is 5.26 Å². The van der Waals surface area contributed by atoms with E-state index in [4.69, 9.17) is 4.74 Å². The van der Waals surface area contributed by atoms with E-state index in [1.165, 1.54) is 18.5 Å². The molecule has 1 N–H and O–H groups in total. The molecule has 0 radical (unpaired) electrons. The van der Waals surface area contributed by atoms with Crippen LogP contribution in [0.3, 0.4) is 0 Å². The smallest absolute Gasteiger partial charge is 0.291 e. The predicted octanol–water partition coefficient (Wildman–Crippen LogP) is 3.59. The van der Waals surface area contributed by atoms with Crippen molar-refractivity contribution in [2.45, 2.75) is 48.5 Å². The average molecular weight is 532 g/mol. The minimum Gasteiger partial charge on any atom is -0.381 e. The van der Waals surface area contributed by atoms with Gasteiger partial charge in [0.05, 0.1) is 22.2 Å². The highest BCUT2D eigenvalue weighted by atomic mass is 32.2. The summed E-state index contributed by atoms with van der Waals surface area (Å²) in [6, 6.07) is 6.60. The number of sulfonamides is 1. The van der Waals surface area contributed by atoms with Gasteiger partial charge in [-0.1, -0.05) is 17.4 Å². The molecule has 0 unspecified atom stereocenters. The van der Waals surface area contributed by atoms with Gasteiger partial charge in [-0.2, -0.15) is 9.98 Å². The maximum Gasteiger partial charge on any atom is 0.291 e. The van der Waals surface area contributed by atoms with Crippen molar-refractivity contribution in [1.82, 2.24) is 29.5 Å². The number of ether oxygens (including phenoxy) is 1. The molecule has 0 amide bonds. The maximum atomic E-state index is 13.3. The van der Waals surface area contributed by atoms with Crippen LogP contribution < -0.4 is 4.72 Å². The van der Waals surface area contributed by atoms with Crippen molar-refractivity contribution in [3.05, 3.63) is 35.2 Å². The first-order valence-corrected chi connectivity index (χ1v) is 13.6. The number of benzene rings is 1. The van der Waals surface area contributed by atoms with Crippen LogP contribution in [0.5, 0.6) is 0 Å². The molecule has 10 nitrogen and oxygen atoms in total. The summed E-state index contributed by atoms with van der Waals surface area (Å²) in [7, 11) is -4.03. The molecule has 3 aromatic heterocycles. The summed E-state index contributed by atoms with van der Waals surface area (Å²) >= 11 is 0.709. The average Bonchev–Trinajstić information content (AvgIpc) is 3.32. The second-order valence-corrected chi connectivity index (χ2v) is 11.6. The number of rotatable bonds is 6. The van der Waals surface area contributed by atoms with E-state index in [1.807, 2.05) is 6.07 Å². The molecule has 2 fully saturated rings. The number of hydrogen-bond donors (Lipinski definition) is 1. The number of nitrogens with one attached hydrogen (secondary N) is 1. The van der Waals surface area contributed by atoms with Gasteiger partial charge >= 0.3 is 0 Å². The lowest BCUT2D eigenvalue weighted by Gasteiger charge is -2.22. The van der Waals surface area contributed by atoms with Gasteiger partial charge in [0.15, 0.2) is 10.7 Å². The summed E-state index contributed by atoms with van der Waals surface area (Å²) in [6.45, 7) is 1.19. The molecule has 186 valence electrons. The zero-order chi connectivity index (χ0) is 25.1. The van der Waals surface area contributed by atoms with E-state index in [0.29, 0.717) is 59.3 Å². The summed E-state index contributed by atoms with van der Waals surface area (Å²) in [6.07, 6.45) is 1.03. The molecule has 1 aliphatic heterocycles. The van der Waals surface area contributed by atoms with Crippen molar-refractivity contribution in [2.75, 3.05) is 13.2 Å². The van der Waals surface area contributed by atoms with E-state index in [9.17, 15) is 22.5 Å². The fourth-order valence-corrected chi connectivity index (χ4v) is 6.67. The standard InChI is InChI=1S/C22H19F2N7O3S2/c23-18(24)20-28-29-21(35-20)31-15-9-13(36(32,33)30-22(10-25)5-6-22)1-2-14(15)16-17(26-11-27-19(16)31)12-3-7-34-8-4-12/h1-2,9,11-12,18,30H,3-8H2. The van der Waals surface area contributed by atoms with E-state index in [0.717, 1.165) is 18.5 Å². The Balaban J connectivity index is 1.59. The Hall–Kier alpha value is -3.12. The number of nitriles is 1. The van der Waals surface area contributed by atoms with Gasteiger partial charge in [0.2, 0.25) is 15.2 Å². The van der Waals surface area contributed by atoms with Crippen LogP contribution in [0, 0.1) is 11.3 Å². The summed E-state index contributed by atoms with van der Waals surface area (Å²) in [5, 5.41) is 18.0. The van der Waals surface area contributed by atoms with Crippen LogP contribution in [0.2, 0.25) is 0 Å². The highest BCUT2D eigenvalue weighted by Gasteiger charge is 2.46. The highest BCUT2D eigenvalue weighted by molar-refractivity contribution is 7.89. The van der Waals surface area contributed by atoms with Gasteiger partial charge in [-0.05, 0) is 37.8 Å². The van der Waals surface area contributed by atoms with Crippen molar-refractivity contribution < 1.29 is 21.9 Å². The normalized spacial score (nSPS) is 18.2. The lowest BCUT2D eigenvalue weighted by Crippen LogP contribution is -2.35. The van der Waals surface area contributed by atoms with Crippen LogP contribution in [-0.2, 0) is 14.8 Å². The SMILES string of the molecule is N#CC1(NS(=O)(=O)c2ccc3c4c(C5CCOCC5)ncnc4n(-c4nnc(C(F)F)s4)c3c2)CC1. The molecule has 4 heterocycles. The topological polar surface area (TPSA) is 136 Å². The van der Waals surface area contributed by atoms with E-state index in [1.54, 1.807) is 10.6 Å². The zero-order valence-electron chi connectivity index (χ0n) is 18.7. The lowest BCUT2D eigenvalue weighted by molar-refractivity contribution is 0.0848. The van der Waals surface area contributed by atoms with Gasteiger partial charge in [0.1, 0.15) is 11.9 Å². The first kappa shape index (κ1) is 23.3. The number of alkyl halides is 2. The Bertz CT molecular complexity index is 1630. The molecule has 1 aromatic carbocycles. The third kappa shape index (κ3) is 3.83. The molecule has 36 heavy (non-hydrogen) atoms. The van der Waals surface area contributed by atoms with E-state index >= 15 is 0 Å². The Morgan fingerprint density at radius 1 is 1.22 bits per heavy atom. The molecule has 1 saturated carbocycles. The number of hydrogen-bond acceptors (Lipinski definition) is 9. The number of nitrogens with zero attached hydrogens (tertiary/aromatic N) is 6. The Morgan fingerprint density at radius 3 is 2.67 bits per heavy atom. The van der Waals surface area contributed by atoms with Crippen LogP contribution in [0.4, 0.5) is 8.78 Å². The van der Waals surface area contributed by atoms with Gasteiger partial charge in [0, 0.05) is 29.9 Å². The molecule has 14 heteroatoms. The van der Waals surface area contributed by atoms with Crippen molar-refractivity contribution in [3.8, 4) is 11.2 Å². The van der Waals surface area contributed by atoms with E-state index in [2.05, 4.69) is 24.9 Å². The number of fused-ring (bicyclic) bond motifs is 3. The maximum absolute atomic E-state index is 13.3. The fourth-order valence-electron chi connectivity index (χ4n) is 4.56. The lowest BCUT2D eigenvalue weighted by atomic mass is 9.93. The van der Waals surface area contributed by atoms with Gasteiger partial charge in [-0.3, -0.25) is 4.57 Å². The van der Waals surface area contributed by atoms with Crippen LogP contribution in [0.25, 0.3) is 27.1 Å². The minimum atomic E-state index is -4.03. The van der Waals surface area contributed by atoms with Gasteiger partial charge in [-0.15, -0.1) is 10.2 Å². The Morgan fingerprint density at radius 2 is 2.00 bits per heavy atom. The van der Waals surface area contributed by atoms with Crippen LogP contribution in [0.1, 0.15) is 48.7 Å². The van der Waals surface area contributed by atoms with Crippen LogP contribution >= 0.6 is 11.3 Å². The molecular weight excluding hydrogens is 512 g/mol. The second-order valence-electron chi connectivity index (χ2n) is 8.88. The molecule has 0 atom stereocenters. The summed E-state index contributed by atoms with van der Waals surface area (Å²) < 4.78 is 62.4.